The number of H-pyrrole nitrogens is 1. The lowest BCUT2D eigenvalue weighted by Crippen LogP contribution is -2.23. The number of halogens is 3. The van der Waals surface area contributed by atoms with Gasteiger partial charge in [-0.1, -0.05) is 40.9 Å². The molecule has 1 heterocycles. The summed E-state index contributed by atoms with van der Waals surface area (Å²) in [6.45, 7) is 0.361. The highest BCUT2D eigenvalue weighted by Gasteiger charge is 2.21. The van der Waals surface area contributed by atoms with Crippen molar-refractivity contribution in [3.8, 4) is 0 Å². The van der Waals surface area contributed by atoms with E-state index in [1.54, 1.807) is 36.5 Å². The molecule has 8 heteroatoms. The molecule has 0 fully saturated rings. The Morgan fingerprint density at radius 3 is 2.68 bits per heavy atom. The molecule has 0 aliphatic heterocycles. The van der Waals surface area contributed by atoms with Gasteiger partial charge in [0.25, 0.3) is 0 Å². The Bertz CT molecular complexity index is 925. The first kappa shape index (κ1) is 18.0. The summed E-state index contributed by atoms with van der Waals surface area (Å²) in [5.74, 6) is -0.638. The van der Waals surface area contributed by atoms with E-state index in [1.807, 2.05) is 0 Å². The molecule has 0 aliphatic carbocycles. The Balaban J connectivity index is 1.88. The summed E-state index contributed by atoms with van der Waals surface area (Å²) >= 11 is 18.2. The van der Waals surface area contributed by atoms with Crippen LogP contribution in [0.25, 0.3) is 10.9 Å². The zero-order valence-electron chi connectivity index (χ0n) is 13.0. The summed E-state index contributed by atoms with van der Waals surface area (Å²) in [6, 6.07) is 8.62. The monoisotopic (exact) mass is 396 g/mol. The van der Waals surface area contributed by atoms with E-state index in [4.69, 9.17) is 40.5 Å². The molecule has 0 bridgehead atoms. The van der Waals surface area contributed by atoms with Gasteiger partial charge >= 0.3 is 0 Å². The van der Waals surface area contributed by atoms with Crippen LogP contribution < -0.4 is 11.1 Å². The predicted molar refractivity (Wildman–Crippen MR) is 103 cm³/mol. The topological polar surface area (TPSA) is 83.8 Å². The van der Waals surface area contributed by atoms with Crippen LogP contribution in [-0.2, 0) is 4.79 Å². The number of hydrogen-bond donors (Lipinski definition) is 3. The number of nitrogens with zero attached hydrogens (tertiary/aromatic N) is 1. The van der Waals surface area contributed by atoms with Crippen LogP contribution in [0.5, 0.6) is 0 Å². The summed E-state index contributed by atoms with van der Waals surface area (Å²) in [5, 5.41) is 11.8. The van der Waals surface area contributed by atoms with Crippen LogP contribution in [0.4, 0.5) is 5.69 Å². The van der Waals surface area contributed by atoms with E-state index >= 15 is 0 Å². The lowest BCUT2D eigenvalue weighted by atomic mass is 9.94. The van der Waals surface area contributed by atoms with E-state index < -0.39 is 5.92 Å². The van der Waals surface area contributed by atoms with Gasteiger partial charge in [-0.05, 0) is 42.8 Å². The Kier molecular flexibility index (Phi) is 5.49. The molecular weight excluding hydrogens is 383 g/mol. The van der Waals surface area contributed by atoms with E-state index in [2.05, 4.69) is 15.5 Å². The first-order chi connectivity index (χ1) is 12.0. The normalized spacial score (nSPS) is 12.3. The highest BCUT2D eigenvalue weighted by Crippen LogP contribution is 2.30. The highest BCUT2D eigenvalue weighted by atomic mass is 35.5. The molecule has 1 unspecified atom stereocenters. The van der Waals surface area contributed by atoms with Gasteiger partial charge in [0.15, 0.2) is 0 Å². The molecule has 0 aliphatic rings. The summed E-state index contributed by atoms with van der Waals surface area (Å²) in [5.41, 5.74) is 7.75. The minimum Gasteiger partial charge on any atom is -0.330 e. The number of benzene rings is 2. The van der Waals surface area contributed by atoms with E-state index in [1.165, 1.54) is 0 Å². The zero-order chi connectivity index (χ0) is 18.0. The van der Waals surface area contributed by atoms with E-state index in [9.17, 15) is 4.79 Å². The molecule has 0 radical (unpaired) electrons. The molecule has 5 nitrogen and oxygen atoms in total. The smallest absolute Gasteiger partial charge is 0.231 e. The third kappa shape index (κ3) is 3.90. The maximum Gasteiger partial charge on any atom is 0.231 e. The van der Waals surface area contributed by atoms with Crippen molar-refractivity contribution in [2.24, 2.45) is 5.73 Å². The molecule has 2 aromatic carbocycles. The quantitative estimate of drug-likeness (QED) is 0.588. The fraction of sp³-hybridized carbons (Fsp3) is 0.176. The Hall–Kier alpha value is -1.79. The van der Waals surface area contributed by atoms with Crippen molar-refractivity contribution in [2.45, 2.75) is 12.3 Å². The maximum absolute atomic E-state index is 12.8. The number of carbonyl (C=O) groups is 1. The number of hydrogen-bond acceptors (Lipinski definition) is 3. The number of aromatic amines is 1. The van der Waals surface area contributed by atoms with Gasteiger partial charge in [0.05, 0.1) is 32.7 Å². The molecule has 4 N–H and O–H groups in total. The number of anilines is 1. The fourth-order valence-corrected chi connectivity index (χ4v) is 3.24. The fourth-order valence-electron chi connectivity index (χ4n) is 2.66. The van der Waals surface area contributed by atoms with Gasteiger partial charge in [-0.25, -0.2) is 0 Å². The second kappa shape index (κ2) is 7.62. The van der Waals surface area contributed by atoms with Crippen LogP contribution in [0.3, 0.4) is 0 Å². The second-order valence-electron chi connectivity index (χ2n) is 5.59. The zero-order valence-corrected chi connectivity index (χ0v) is 15.3. The number of rotatable bonds is 5. The molecule has 3 aromatic rings. The summed E-state index contributed by atoms with van der Waals surface area (Å²) in [6.07, 6.45) is 2.12. The van der Waals surface area contributed by atoms with Crippen LogP contribution in [0.15, 0.2) is 36.5 Å². The van der Waals surface area contributed by atoms with Crippen LogP contribution in [0.1, 0.15) is 17.9 Å². The molecule has 3 rings (SSSR count). The number of nitrogens with one attached hydrogen (secondary N) is 2. The maximum atomic E-state index is 12.8. The van der Waals surface area contributed by atoms with E-state index in [0.717, 1.165) is 16.5 Å². The molecule has 1 amide bonds. The van der Waals surface area contributed by atoms with E-state index in [0.29, 0.717) is 33.7 Å². The molecule has 130 valence electrons. The summed E-state index contributed by atoms with van der Waals surface area (Å²) in [7, 11) is 0. The minimum atomic E-state index is -0.446. The third-order valence-electron chi connectivity index (χ3n) is 3.89. The van der Waals surface area contributed by atoms with Crippen molar-refractivity contribution in [2.75, 3.05) is 11.9 Å². The van der Waals surface area contributed by atoms with Crippen LogP contribution in [0.2, 0.25) is 15.1 Å². The van der Waals surface area contributed by atoms with Gasteiger partial charge in [0.1, 0.15) is 0 Å². The molecule has 0 saturated heterocycles. The summed E-state index contributed by atoms with van der Waals surface area (Å²) < 4.78 is 0. The van der Waals surface area contributed by atoms with Gasteiger partial charge in [-0.2, -0.15) is 5.10 Å². The van der Waals surface area contributed by atoms with Crippen LogP contribution in [-0.4, -0.2) is 22.6 Å². The van der Waals surface area contributed by atoms with Gasteiger partial charge < -0.3 is 11.1 Å². The SMILES string of the molecule is NCCC(C(=O)Nc1cc(Cl)c2[nH]ncc2c1)c1ccc(Cl)c(Cl)c1. The molecule has 0 spiro atoms. The Morgan fingerprint density at radius 1 is 1.16 bits per heavy atom. The Labute approximate surface area is 159 Å². The first-order valence-corrected chi connectivity index (χ1v) is 8.71. The number of nitrogens with two attached hydrogens (primary N) is 1. The van der Waals surface area contributed by atoms with Gasteiger partial charge in [-0.3, -0.25) is 9.89 Å². The van der Waals surface area contributed by atoms with Gasteiger partial charge in [0.2, 0.25) is 5.91 Å². The van der Waals surface area contributed by atoms with Crippen molar-refractivity contribution in [3.63, 3.8) is 0 Å². The van der Waals surface area contributed by atoms with Crippen LogP contribution in [0, 0.1) is 0 Å². The third-order valence-corrected chi connectivity index (χ3v) is 4.92. The number of aromatic nitrogens is 2. The second-order valence-corrected chi connectivity index (χ2v) is 6.81. The number of fused-ring (bicyclic) bond motifs is 1. The lowest BCUT2D eigenvalue weighted by Gasteiger charge is -2.17. The van der Waals surface area contributed by atoms with Gasteiger partial charge in [-0.15, -0.1) is 0 Å². The van der Waals surface area contributed by atoms with Crippen molar-refractivity contribution in [3.05, 3.63) is 57.2 Å². The van der Waals surface area contributed by atoms with Crippen LogP contribution >= 0.6 is 34.8 Å². The highest BCUT2D eigenvalue weighted by molar-refractivity contribution is 6.42. The number of carbonyl (C=O) groups excluding carboxylic acids is 1. The lowest BCUT2D eigenvalue weighted by molar-refractivity contribution is -0.117. The standard InChI is InChI=1S/C17H15Cl3N4O/c18-13-2-1-9(6-14(13)19)12(3-4-21)17(25)23-11-5-10-8-22-24-16(10)15(20)7-11/h1-2,5-8,12H,3-4,21H2,(H,22,24)(H,23,25). The molecule has 1 atom stereocenters. The van der Waals surface area contributed by atoms with Crippen molar-refractivity contribution in [1.82, 2.24) is 10.2 Å². The minimum absolute atomic E-state index is 0.192. The van der Waals surface area contributed by atoms with Crippen molar-refractivity contribution in [1.29, 1.82) is 0 Å². The largest absolute Gasteiger partial charge is 0.330 e. The molecular formula is C17H15Cl3N4O. The number of amides is 1. The molecule has 0 saturated carbocycles. The van der Waals surface area contributed by atoms with E-state index in [-0.39, 0.29) is 5.91 Å². The average Bonchev–Trinajstić information content (AvgIpc) is 3.04. The molecule has 1 aromatic heterocycles. The predicted octanol–water partition coefficient (Wildman–Crippen LogP) is 4.59. The average molecular weight is 398 g/mol. The van der Waals surface area contributed by atoms with Gasteiger partial charge in [0, 0.05) is 11.1 Å². The first-order valence-electron chi connectivity index (χ1n) is 7.58. The van der Waals surface area contributed by atoms with Crippen molar-refractivity contribution < 1.29 is 4.79 Å². The van der Waals surface area contributed by atoms with Crippen molar-refractivity contribution >= 4 is 57.3 Å². The Morgan fingerprint density at radius 2 is 1.96 bits per heavy atom. The molecule has 25 heavy (non-hydrogen) atoms. The summed E-state index contributed by atoms with van der Waals surface area (Å²) in [4.78, 5) is 12.8.